The van der Waals surface area contributed by atoms with Gasteiger partial charge in [0.1, 0.15) is 28.4 Å². The van der Waals surface area contributed by atoms with Gasteiger partial charge in [-0.2, -0.15) is 0 Å². The van der Waals surface area contributed by atoms with Crippen molar-refractivity contribution in [2.24, 2.45) is 10.9 Å². The van der Waals surface area contributed by atoms with Gasteiger partial charge in [-0.05, 0) is 87.1 Å². The van der Waals surface area contributed by atoms with Crippen molar-refractivity contribution in [3.8, 4) is 39.6 Å². The molecular formula is C44H47ClN10O4S. The van der Waals surface area contributed by atoms with E-state index in [-0.39, 0.29) is 35.7 Å². The predicted molar refractivity (Wildman–Crippen MR) is 231 cm³/mol. The van der Waals surface area contributed by atoms with Gasteiger partial charge in [0, 0.05) is 79.5 Å². The van der Waals surface area contributed by atoms with Crippen LogP contribution in [0.4, 0.5) is 0 Å². The number of aliphatic imine (C=N–C) groups is 1. The molecule has 0 radical (unpaired) electrons. The van der Waals surface area contributed by atoms with E-state index in [9.17, 15) is 20.1 Å². The minimum absolute atomic E-state index is 0.0699. The van der Waals surface area contributed by atoms with Gasteiger partial charge in [0.25, 0.3) is 0 Å². The summed E-state index contributed by atoms with van der Waals surface area (Å²) in [6.07, 6.45) is 2.18. The summed E-state index contributed by atoms with van der Waals surface area (Å²) in [6.45, 7) is 13.4. The Hall–Kier alpha value is -5.61. The van der Waals surface area contributed by atoms with Crippen LogP contribution in [0.15, 0.2) is 71.7 Å². The van der Waals surface area contributed by atoms with Gasteiger partial charge in [0.15, 0.2) is 11.6 Å². The standard InChI is InChI=1S/C44H47ClN10O4S/c1-26-27(2)60-43-39(26)40(31-6-8-32(45)9-7-31)46-36(42-49-47-28(3)54(42)43)23-38(58)53-16-14-30(15-17-53)25-52-20-18-51(19-21-52)24-29-4-10-33(11-5-29)55-41(48-50-44(55)59)35-13-12-34(56)22-37(35)57/h4-13,22,30,36,56-57H,14-21,23-25H2,1-3H3,(H,50,59)/t36-/m0/s1. The summed E-state index contributed by atoms with van der Waals surface area (Å²) >= 11 is 7.99. The number of halogens is 1. The maximum Gasteiger partial charge on any atom is 0.319 e. The highest BCUT2D eigenvalue weighted by atomic mass is 35.5. The van der Waals surface area contributed by atoms with Crippen molar-refractivity contribution >= 4 is 34.6 Å². The average Bonchev–Trinajstić information content (AvgIpc) is 3.88. The van der Waals surface area contributed by atoms with Crippen LogP contribution >= 0.6 is 22.9 Å². The highest BCUT2D eigenvalue weighted by Crippen LogP contribution is 2.40. The van der Waals surface area contributed by atoms with Gasteiger partial charge in [-0.15, -0.1) is 26.6 Å². The lowest BCUT2D eigenvalue weighted by atomic mass is 9.95. The van der Waals surface area contributed by atoms with E-state index in [2.05, 4.69) is 48.6 Å². The zero-order chi connectivity index (χ0) is 41.7. The molecule has 0 bridgehead atoms. The van der Waals surface area contributed by atoms with Crippen LogP contribution in [-0.4, -0.2) is 117 Å². The van der Waals surface area contributed by atoms with E-state index in [0.29, 0.717) is 28.0 Å². The molecule has 14 nitrogen and oxygen atoms in total. The molecule has 3 aliphatic rings. The fraction of sp³-hybridized carbons (Fsp3) is 0.364. The van der Waals surface area contributed by atoms with Gasteiger partial charge in [0.05, 0.1) is 23.4 Å². The van der Waals surface area contributed by atoms with E-state index in [1.165, 1.54) is 33.2 Å². The van der Waals surface area contributed by atoms with Crippen LogP contribution < -0.4 is 0 Å². The Morgan fingerprint density at radius 3 is 2.25 bits per heavy atom. The molecule has 0 aliphatic carbocycles. The smallest absolute Gasteiger partial charge is 0.319 e. The maximum atomic E-state index is 14.0. The summed E-state index contributed by atoms with van der Waals surface area (Å²) in [5.41, 5.74) is 6.20. The molecule has 2 fully saturated rings. The lowest BCUT2D eigenvalue weighted by molar-refractivity contribution is -0.133. The number of aryl methyl sites for hydroxylation is 2. The van der Waals surface area contributed by atoms with E-state index in [1.807, 2.05) is 60.4 Å². The molecule has 6 aromatic rings. The second kappa shape index (κ2) is 16.4. The Kier molecular flexibility index (Phi) is 10.9. The number of phenolic OH excluding ortho intramolecular Hbond substituents is 2. The molecule has 16 heteroatoms. The van der Waals surface area contributed by atoms with Crippen LogP contribution in [0.25, 0.3) is 22.1 Å². The highest BCUT2D eigenvalue weighted by molar-refractivity contribution is 7.15. The number of likely N-dealkylation sites (tertiary alicyclic amines) is 1. The number of nitrogens with zero attached hydrogens (tertiary/aromatic N) is 10. The summed E-state index contributed by atoms with van der Waals surface area (Å²) in [5, 5.41) is 49.2. The molecular weight excluding hydrogens is 800 g/mol. The number of carbonyl (C=O) groups is 1. The Labute approximate surface area is 357 Å². The highest BCUT2D eigenvalue weighted by Gasteiger charge is 2.34. The van der Waals surface area contributed by atoms with Gasteiger partial charge < -0.3 is 25.1 Å². The number of phenols is 2. The summed E-state index contributed by atoms with van der Waals surface area (Å²) in [4.78, 5) is 27.6. The van der Waals surface area contributed by atoms with Gasteiger partial charge in [-0.3, -0.25) is 19.3 Å². The van der Waals surface area contributed by atoms with Crippen LogP contribution in [0.3, 0.4) is 0 Å². The average molecular weight is 847 g/mol. The molecule has 3 N–H and O–H groups in total. The normalized spacial score (nSPS) is 17.6. The monoisotopic (exact) mass is 846 g/mol. The topological polar surface area (TPSA) is 161 Å². The van der Waals surface area contributed by atoms with Crippen molar-refractivity contribution < 1.29 is 20.1 Å². The number of carbonyl (C=O) groups excluding carboxylic acids is 1. The predicted octanol–water partition coefficient (Wildman–Crippen LogP) is 6.61. The molecule has 1 atom stereocenters. The minimum atomic E-state index is -0.474. The number of piperazine rings is 1. The molecule has 0 unspecified atom stereocenters. The Morgan fingerprint density at radius 2 is 1.53 bits per heavy atom. The Bertz CT molecular complexity index is 2570. The third-order valence-electron chi connectivity index (χ3n) is 12.1. The maximum absolute atomic E-state index is 14.0. The number of aromatic nitrogens is 6. The third kappa shape index (κ3) is 7.78. The number of thiophene rings is 1. The molecule has 6 heterocycles. The number of hydrogen-bond donors (Lipinski definition) is 3. The van der Waals surface area contributed by atoms with Gasteiger partial charge in [0.2, 0.25) is 5.91 Å². The fourth-order valence-electron chi connectivity index (χ4n) is 8.69. The van der Waals surface area contributed by atoms with E-state index >= 15 is 0 Å². The first-order valence-corrected chi connectivity index (χ1v) is 21.5. The van der Waals surface area contributed by atoms with Crippen molar-refractivity contribution in [1.82, 2.24) is 44.2 Å². The molecule has 0 spiro atoms. The first kappa shape index (κ1) is 39.8. The summed E-state index contributed by atoms with van der Waals surface area (Å²) in [7, 11) is 0. The van der Waals surface area contributed by atoms with Crippen molar-refractivity contribution in [3.63, 3.8) is 0 Å². The number of hydrogen-bond acceptors (Lipinski definition) is 12. The van der Waals surface area contributed by atoms with Crippen LogP contribution in [0.5, 0.6) is 17.5 Å². The molecule has 310 valence electrons. The van der Waals surface area contributed by atoms with Crippen LogP contribution in [-0.2, 0) is 11.3 Å². The van der Waals surface area contributed by atoms with Gasteiger partial charge in [-0.25, -0.2) is 4.57 Å². The van der Waals surface area contributed by atoms with Crippen LogP contribution in [0.2, 0.25) is 5.02 Å². The van der Waals surface area contributed by atoms with Gasteiger partial charge >= 0.3 is 6.01 Å². The molecule has 9 rings (SSSR count). The molecule has 1 amide bonds. The van der Waals surface area contributed by atoms with Gasteiger partial charge in [-0.1, -0.05) is 41.0 Å². The quantitative estimate of drug-likeness (QED) is 0.145. The number of amides is 1. The fourth-order valence-corrected chi connectivity index (χ4v) is 10.0. The summed E-state index contributed by atoms with van der Waals surface area (Å²) in [5.74, 6) is 2.16. The molecule has 3 aromatic heterocycles. The number of fused-ring (bicyclic) bond motifs is 3. The van der Waals surface area contributed by atoms with Crippen LogP contribution in [0.1, 0.15) is 64.1 Å². The zero-order valence-electron chi connectivity index (χ0n) is 33.8. The Balaban J connectivity index is 0.787. The van der Waals surface area contributed by atoms with E-state index in [1.54, 1.807) is 11.3 Å². The van der Waals surface area contributed by atoms with Crippen molar-refractivity contribution in [1.29, 1.82) is 0 Å². The van der Waals surface area contributed by atoms with Crippen molar-refractivity contribution in [2.75, 3.05) is 45.8 Å². The molecule has 2 saturated heterocycles. The lowest BCUT2D eigenvalue weighted by Gasteiger charge is -2.39. The van der Waals surface area contributed by atoms with E-state index in [4.69, 9.17) is 16.6 Å². The third-order valence-corrected chi connectivity index (χ3v) is 13.6. The second-order valence-corrected chi connectivity index (χ2v) is 17.7. The van der Waals surface area contributed by atoms with E-state index < -0.39 is 6.04 Å². The number of rotatable bonds is 9. The van der Waals surface area contributed by atoms with E-state index in [0.717, 1.165) is 98.4 Å². The van der Waals surface area contributed by atoms with Crippen molar-refractivity contribution in [3.05, 3.63) is 111 Å². The zero-order valence-corrected chi connectivity index (χ0v) is 35.4. The van der Waals surface area contributed by atoms with Crippen molar-refractivity contribution in [2.45, 2.75) is 52.6 Å². The number of aromatic hydroxyl groups is 3. The second-order valence-electron chi connectivity index (χ2n) is 16.0. The SMILES string of the molecule is Cc1sc2c(c1C)C(c1ccc(Cl)cc1)=N[C@@H](CC(=O)N1CCC(CN3CCN(Cc4ccc(-n5c(O)nnc5-c5ccc(O)cc5O)cc4)CC3)CC1)c1nnc(C)n1-2. The summed E-state index contributed by atoms with van der Waals surface area (Å²) < 4.78 is 3.57. The first-order valence-electron chi connectivity index (χ1n) is 20.4. The summed E-state index contributed by atoms with van der Waals surface area (Å²) in [6, 6.07) is 19.1. The molecule has 0 saturated carbocycles. The molecule has 3 aromatic carbocycles. The molecule has 60 heavy (non-hydrogen) atoms. The Morgan fingerprint density at radius 1 is 0.817 bits per heavy atom. The minimum Gasteiger partial charge on any atom is -0.508 e. The number of benzene rings is 3. The number of piperidine rings is 1. The van der Waals surface area contributed by atoms with Crippen LogP contribution in [0, 0.1) is 26.7 Å². The lowest BCUT2D eigenvalue weighted by Crippen LogP contribution is -2.48. The molecule has 3 aliphatic heterocycles. The first-order chi connectivity index (χ1) is 29.0. The largest absolute Gasteiger partial charge is 0.508 e.